The standard InChI is InChI=1S/C13H15FO2/c1-3-4-9-16-13(15)10(2)11-5-7-12(14)8-6-11/h5-8H,2-4,9H2,1H3. The molecule has 0 spiro atoms. The van der Waals surface area contributed by atoms with E-state index in [-0.39, 0.29) is 11.4 Å². The molecule has 1 aromatic rings. The van der Waals surface area contributed by atoms with Gasteiger partial charge in [0.2, 0.25) is 0 Å². The van der Waals surface area contributed by atoms with Crippen molar-refractivity contribution >= 4 is 11.5 Å². The van der Waals surface area contributed by atoms with E-state index in [9.17, 15) is 9.18 Å². The summed E-state index contributed by atoms with van der Waals surface area (Å²) in [6.07, 6.45) is 1.80. The van der Waals surface area contributed by atoms with Gasteiger partial charge in [-0.2, -0.15) is 0 Å². The Kier molecular flexibility index (Phi) is 4.70. The first-order chi connectivity index (χ1) is 7.65. The van der Waals surface area contributed by atoms with Crippen LogP contribution in [0, 0.1) is 5.82 Å². The summed E-state index contributed by atoms with van der Waals surface area (Å²) in [6, 6.07) is 5.61. The number of rotatable bonds is 5. The molecule has 0 bridgehead atoms. The highest BCUT2D eigenvalue weighted by atomic mass is 19.1. The molecule has 0 aromatic heterocycles. The van der Waals surface area contributed by atoms with Crippen LogP contribution >= 0.6 is 0 Å². The van der Waals surface area contributed by atoms with Crippen LogP contribution in [0.4, 0.5) is 4.39 Å². The third kappa shape index (κ3) is 3.50. The van der Waals surface area contributed by atoms with Crippen molar-refractivity contribution in [3.63, 3.8) is 0 Å². The van der Waals surface area contributed by atoms with Gasteiger partial charge in [0, 0.05) is 0 Å². The number of carbonyl (C=O) groups excluding carboxylic acids is 1. The fraction of sp³-hybridized carbons (Fsp3) is 0.308. The van der Waals surface area contributed by atoms with Crippen molar-refractivity contribution in [2.75, 3.05) is 6.61 Å². The molecule has 0 aliphatic heterocycles. The molecule has 3 heteroatoms. The zero-order chi connectivity index (χ0) is 12.0. The molecule has 16 heavy (non-hydrogen) atoms. The average molecular weight is 222 g/mol. The van der Waals surface area contributed by atoms with Crippen LogP contribution in [0.25, 0.3) is 5.57 Å². The normalized spacial score (nSPS) is 9.88. The molecule has 1 aromatic carbocycles. The second kappa shape index (κ2) is 6.05. The highest BCUT2D eigenvalue weighted by molar-refractivity contribution is 6.15. The monoisotopic (exact) mass is 222 g/mol. The maximum Gasteiger partial charge on any atom is 0.338 e. The number of carbonyl (C=O) groups is 1. The van der Waals surface area contributed by atoms with Crippen molar-refractivity contribution in [3.8, 4) is 0 Å². The average Bonchev–Trinajstić information content (AvgIpc) is 2.29. The fourth-order valence-corrected chi connectivity index (χ4v) is 1.17. The van der Waals surface area contributed by atoms with Crippen LogP contribution in [0.1, 0.15) is 25.3 Å². The van der Waals surface area contributed by atoms with E-state index in [0.717, 1.165) is 12.8 Å². The molecule has 1 rings (SSSR count). The van der Waals surface area contributed by atoms with Crippen molar-refractivity contribution in [2.24, 2.45) is 0 Å². The number of benzene rings is 1. The predicted octanol–water partition coefficient (Wildman–Crippen LogP) is 3.18. The van der Waals surface area contributed by atoms with Crippen LogP contribution in [0.2, 0.25) is 0 Å². The maximum absolute atomic E-state index is 12.7. The summed E-state index contributed by atoms with van der Waals surface area (Å²) in [5.41, 5.74) is 0.846. The Morgan fingerprint density at radius 1 is 1.38 bits per heavy atom. The van der Waals surface area contributed by atoms with Gasteiger partial charge in [-0.3, -0.25) is 0 Å². The summed E-state index contributed by atoms with van der Waals surface area (Å²) in [5.74, 6) is -0.782. The maximum atomic E-state index is 12.7. The van der Waals surface area contributed by atoms with E-state index < -0.39 is 5.97 Å². The summed E-state index contributed by atoms with van der Waals surface area (Å²) in [6.45, 7) is 6.05. The van der Waals surface area contributed by atoms with Crippen molar-refractivity contribution in [2.45, 2.75) is 19.8 Å². The molecular formula is C13H15FO2. The molecule has 0 heterocycles. The van der Waals surface area contributed by atoms with Crippen molar-refractivity contribution in [1.29, 1.82) is 0 Å². The topological polar surface area (TPSA) is 26.3 Å². The second-order valence-corrected chi connectivity index (χ2v) is 3.47. The van der Waals surface area contributed by atoms with Gasteiger partial charge in [-0.05, 0) is 24.1 Å². The fourth-order valence-electron chi connectivity index (χ4n) is 1.17. The van der Waals surface area contributed by atoms with Crippen LogP contribution in [0.3, 0.4) is 0 Å². The minimum absolute atomic E-state index is 0.260. The van der Waals surface area contributed by atoms with E-state index in [0.29, 0.717) is 12.2 Å². The molecule has 0 amide bonds. The Labute approximate surface area is 94.7 Å². The molecule has 86 valence electrons. The number of esters is 1. The molecule has 0 saturated carbocycles. The highest BCUT2D eigenvalue weighted by Gasteiger charge is 2.10. The van der Waals surface area contributed by atoms with Crippen molar-refractivity contribution < 1.29 is 13.9 Å². The summed E-state index contributed by atoms with van der Waals surface area (Å²) >= 11 is 0. The first-order valence-corrected chi connectivity index (χ1v) is 5.27. The molecule has 2 nitrogen and oxygen atoms in total. The van der Waals surface area contributed by atoms with E-state index in [1.165, 1.54) is 24.3 Å². The molecule has 0 aliphatic rings. The first-order valence-electron chi connectivity index (χ1n) is 5.27. The minimum atomic E-state index is -0.444. The predicted molar refractivity (Wildman–Crippen MR) is 61.3 cm³/mol. The summed E-state index contributed by atoms with van der Waals surface area (Å²) in [4.78, 5) is 11.5. The lowest BCUT2D eigenvalue weighted by atomic mass is 10.1. The van der Waals surface area contributed by atoms with Crippen LogP contribution in [-0.4, -0.2) is 12.6 Å². The van der Waals surface area contributed by atoms with Gasteiger partial charge in [0.1, 0.15) is 5.82 Å². The lowest BCUT2D eigenvalue weighted by Crippen LogP contribution is -2.07. The molecule has 0 fully saturated rings. The van der Waals surface area contributed by atoms with Gasteiger partial charge in [-0.25, -0.2) is 9.18 Å². The second-order valence-electron chi connectivity index (χ2n) is 3.47. The quantitative estimate of drug-likeness (QED) is 0.434. The Hall–Kier alpha value is -1.64. The Morgan fingerprint density at radius 3 is 2.56 bits per heavy atom. The summed E-state index contributed by atoms with van der Waals surface area (Å²) < 4.78 is 17.7. The zero-order valence-corrected chi connectivity index (χ0v) is 9.33. The molecule has 0 radical (unpaired) electrons. The number of hydrogen-bond acceptors (Lipinski definition) is 2. The first kappa shape index (κ1) is 12.4. The number of hydrogen-bond donors (Lipinski definition) is 0. The van der Waals surface area contributed by atoms with Crippen LogP contribution in [0.15, 0.2) is 30.8 Å². The lowest BCUT2D eigenvalue weighted by Gasteiger charge is -2.06. The minimum Gasteiger partial charge on any atom is -0.462 e. The van der Waals surface area contributed by atoms with Gasteiger partial charge < -0.3 is 4.74 Å². The SMILES string of the molecule is C=C(C(=O)OCCCC)c1ccc(F)cc1. The van der Waals surface area contributed by atoms with Crippen LogP contribution in [0.5, 0.6) is 0 Å². The Bertz CT molecular complexity index is 368. The third-order valence-corrected chi connectivity index (χ3v) is 2.17. The number of unbranched alkanes of at least 4 members (excludes halogenated alkanes) is 1. The third-order valence-electron chi connectivity index (χ3n) is 2.17. The smallest absolute Gasteiger partial charge is 0.338 e. The highest BCUT2D eigenvalue weighted by Crippen LogP contribution is 2.14. The summed E-state index contributed by atoms with van der Waals surface area (Å²) in [5, 5.41) is 0. The number of halogens is 1. The van der Waals surface area contributed by atoms with Crippen molar-refractivity contribution in [3.05, 3.63) is 42.2 Å². The Balaban J connectivity index is 2.57. The van der Waals surface area contributed by atoms with Gasteiger partial charge in [0.15, 0.2) is 0 Å². The van der Waals surface area contributed by atoms with E-state index in [4.69, 9.17) is 4.74 Å². The van der Waals surface area contributed by atoms with E-state index in [1.54, 1.807) is 0 Å². The van der Waals surface area contributed by atoms with Gasteiger partial charge in [0.25, 0.3) is 0 Å². The molecule has 0 atom stereocenters. The molecule has 0 aliphatic carbocycles. The Morgan fingerprint density at radius 2 is 2.00 bits per heavy atom. The van der Waals surface area contributed by atoms with Gasteiger partial charge >= 0.3 is 5.97 Å². The van der Waals surface area contributed by atoms with Gasteiger partial charge in [-0.15, -0.1) is 0 Å². The summed E-state index contributed by atoms with van der Waals surface area (Å²) in [7, 11) is 0. The van der Waals surface area contributed by atoms with Crippen LogP contribution < -0.4 is 0 Å². The number of ether oxygens (including phenoxy) is 1. The van der Waals surface area contributed by atoms with E-state index in [1.807, 2.05) is 6.92 Å². The van der Waals surface area contributed by atoms with Crippen LogP contribution in [-0.2, 0) is 9.53 Å². The molecule has 0 N–H and O–H groups in total. The van der Waals surface area contributed by atoms with Crippen molar-refractivity contribution in [1.82, 2.24) is 0 Å². The molecular weight excluding hydrogens is 207 g/mol. The molecule has 0 saturated heterocycles. The van der Waals surface area contributed by atoms with E-state index in [2.05, 4.69) is 6.58 Å². The lowest BCUT2D eigenvalue weighted by molar-refractivity contribution is -0.136. The van der Waals surface area contributed by atoms with Gasteiger partial charge in [-0.1, -0.05) is 32.1 Å². The van der Waals surface area contributed by atoms with E-state index >= 15 is 0 Å². The largest absolute Gasteiger partial charge is 0.462 e. The van der Waals surface area contributed by atoms with Gasteiger partial charge in [0.05, 0.1) is 12.2 Å². The molecule has 0 unspecified atom stereocenters. The zero-order valence-electron chi connectivity index (χ0n) is 9.33.